The SMILES string of the molecule is Cc1nn(C)c(C)c1NC(=O)C(C)OC(=O)CCNC(=O)C12CC3CC(CC(C3)C1)C2. The first-order chi connectivity index (χ1) is 14.7. The molecule has 1 aromatic heterocycles. The zero-order chi connectivity index (χ0) is 22.3. The molecule has 1 atom stereocenters. The molecule has 8 nitrogen and oxygen atoms in total. The summed E-state index contributed by atoms with van der Waals surface area (Å²) in [6.45, 7) is 5.46. The van der Waals surface area contributed by atoms with Crippen LogP contribution in [0.1, 0.15) is 63.3 Å². The molecule has 4 fully saturated rings. The zero-order valence-electron chi connectivity index (χ0n) is 19.0. The fourth-order valence-corrected chi connectivity index (χ4v) is 6.34. The molecule has 4 aliphatic rings. The Labute approximate surface area is 183 Å². The number of carbonyl (C=O) groups is 3. The van der Waals surface area contributed by atoms with Crippen molar-refractivity contribution >= 4 is 23.5 Å². The van der Waals surface area contributed by atoms with E-state index in [1.807, 2.05) is 13.8 Å². The maximum atomic E-state index is 12.9. The second-order valence-electron chi connectivity index (χ2n) is 9.99. The number of nitrogens with one attached hydrogen (secondary N) is 2. The Balaban J connectivity index is 1.22. The van der Waals surface area contributed by atoms with Gasteiger partial charge in [-0.3, -0.25) is 19.1 Å². The topological polar surface area (TPSA) is 102 Å². The van der Waals surface area contributed by atoms with Gasteiger partial charge >= 0.3 is 5.97 Å². The van der Waals surface area contributed by atoms with Crippen LogP contribution in [-0.2, 0) is 26.2 Å². The Kier molecular flexibility index (Phi) is 5.83. The predicted molar refractivity (Wildman–Crippen MR) is 115 cm³/mol. The van der Waals surface area contributed by atoms with Gasteiger partial charge in [0, 0.05) is 19.0 Å². The molecule has 0 spiro atoms. The molecule has 0 radical (unpaired) electrons. The molecule has 31 heavy (non-hydrogen) atoms. The summed E-state index contributed by atoms with van der Waals surface area (Å²) in [5, 5.41) is 10.0. The van der Waals surface area contributed by atoms with Crippen molar-refractivity contribution in [2.24, 2.45) is 30.2 Å². The molecule has 1 aromatic rings. The van der Waals surface area contributed by atoms with Crippen molar-refractivity contribution < 1.29 is 19.1 Å². The normalized spacial score (nSPS) is 29.5. The Hall–Kier alpha value is -2.38. The highest BCUT2D eigenvalue weighted by Gasteiger charge is 2.54. The van der Waals surface area contributed by atoms with Gasteiger partial charge in [0.05, 0.1) is 23.5 Å². The average Bonchev–Trinajstić information content (AvgIpc) is 2.92. The number of aromatic nitrogens is 2. The van der Waals surface area contributed by atoms with Crippen molar-refractivity contribution in [2.75, 3.05) is 11.9 Å². The van der Waals surface area contributed by atoms with Crippen LogP contribution in [0.5, 0.6) is 0 Å². The van der Waals surface area contributed by atoms with Gasteiger partial charge in [-0.15, -0.1) is 0 Å². The van der Waals surface area contributed by atoms with Crippen molar-refractivity contribution in [1.29, 1.82) is 0 Å². The maximum absolute atomic E-state index is 12.9. The molecule has 2 N–H and O–H groups in total. The first kappa shape index (κ1) is 21.8. The molecule has 4 aliphatic carbocycles. The summed E-state index contributed by atoms with van der Waals surface area (Å²) in [4.78, 5) is 37.6. The molecule has 1 heterocycles. The highest BCUT2D eigenvalue weighted by molar-refractivity contribution is 5.96. The lowest BCUT2D eigenvalue weighted by Crippen LogP contribution is -2.53. The molecule has 170 valence electrons. The van der Waals surface area contributed by atoms with Gasteiger partial charge in [-0.25, -0.2) is 0 Å². The zero-order valence-corrected chi connectivity index (χ0v) is 19.0. The second kappa shape index (κ2) is 8.28. The molecule has 5 rings (SSSR count). The van der Waals surface area contributed by atoms with Crippen LogP contribution in [0, 0.1) is 37.0 Å². The van der Waals surface area contributed by atoms with E-state index in [4.69, 9.17) is 4.74 Å². The third kappa shape index (κ3) is 4.34. The van der Waals surface area contributed by atoms with E-state index < -0.39 is 18.0 Å². The molecule has 1 unspecified atom stereocenters. The number of esters is 1. The summed E-state index contributed by atoms with van der Waals surface area (Å²) in [7, 11) is 1.80. The molecule has 8 heteroatoms. The van der Waals surface area contributed by atoms with E-state index in [-0.39, 0.29) is 24.3 Å². The molecule has 0 aliphatic heterocycles. The smallest absolute Gasteiger partial charge is 0.308 e. The van der Waals surface area contributed by atoms with Gasteiger partial charge < -0.3 is 15.4 Å². The van der Waals surface area contributed by atoms with Gasteiger partial charge in [-0.1, -0.05) is 0 Å². The Morgan fingerprint density at radius 2 is 1.71 bits per heavy atom. The lowest BCUT2D eigenvalue weighted by Gasteiger charge is -2.55. The van der Waals surface area contributed by atoms with Crippen LogP contribution < -0.4 is 10.6 Å². The number of nitrogens with zero attached hydrogens (tertiary/aromatic N) is 2. The number of hydrogen-bond acceptors (Lipinski definition) is 5. The van der Waals surface area contributed by atoms with Crippen molar-refractivity contribution in [3.05, 3.63) is 11.4 Å². The molecule has 4 saturated carbocycles. The standard InChI is InChI=1S/C23H34N4O4/c1-13-20(14(2)27(4)26-13)25-21(29)15(3)31-19(28)5-6-24-22(30)23-10-16-7-17(11-23)9-18(8-16)12-23/h15-18H,5-12H2,1-4H3,(H,24,30)(H,25,29). The lowest BCUT2D eigenvalue weighted by atomic mass is 9.49. The Bertz CT molecular complexity index is 855. The summed E-state index contributed by atoms with van der Waals surface area (Å²) in [5.41, 5.74) is 1.96. The van der Waals surface area contributed by atoms with E-state index in [1.54, 1.807) is 18.7 Å². The summed E-state index contributed by atoms with van der Waals surface area (Å²) in [5.74, 6) is 1.32. The van der Waals surface area contributed by atoms with E-state index in [9.17, 15) is 14.4 Å². The number of amides is 2. The third-order valence-electron chi connectivity index (χ3n) is 7.57. The van der Waals surface area contributed by atoms with Gasteiger partial charge in [0.2, 0.25) is 5.91 Å². The van der Waals surface area contributed by atoms with Gasteiger partial charge in [0.1, 0.15) is 0 Å². The monoisotopic (exact) mass is 430 g/mol. The fraction of sp³-hybridized carbons (Fsp3) is 0.739. The van der Waals surface area contributed by atoms with E-state index in [1.165, 1.54) is 19.3 Å². The minimum atomic E-state index is -0.926. The van der Waals surface area contributed by atoms with Crippen molar-refractivity contribution in [3.8, 4) is 0 Å². The van der Waals surface area contributed by atoms with Gasteiger partial charge in [-0.2, -0.15) is 5.10 Å². The molecular weight excluding hydrogens is 396 g/mol. The molecule has 0 saturated heterocycles. The van der Waals surface area contributed by atoms with E-state index in [2.05, 4.69) is 15.7 Å². The van der Waals surface area contributed by atoms with Crippen molar-refractivity contribution in [1.82, 2.24) is 15.1 Å². The highest BCUT2D eigenvalue weighted by atomic mass is 16.5. The number of rotatable bonds is 7. The second-order valence-corrected chi connectivity index (χ2v) is 9.99. The fourth-order valence-electron chi connectivity index (χ4n) is 6.34. The lowest BCUT2D eigenvalue weighted by molar-refractivity contribution is -0.153. The summed E-state index contributed by atoms with van der Waals surface area (Å²) in [6, 6.07) is 0. The highest BCUT2D eigenvalue weighted by Crippen LogP contribution is 2.60. The van der Waals surface area contributed by atoms with E-state index in [0.717, 1.165) is 25.0 Å². The molecular formula is C23H34N4O4. The van der Waals surface area contributed by atoms with Gasteiger partial charge in [0.15, 0.2) is 6.10 Å². The van der Waals surface area contributed by atoms with Gasteiger partial charge in [-0.05, 0) is 77.0 Å². The van der Waals surface area contributed by atoms with Crippen LogP contribution in [0.25, 0.3) is 0 Å². The minimum Gasteiger partial charge on any atom is -0.452 e. The van der Waals surface area contributed by atoms with E-state index >= 15 is 0 Å². The summed E-state index contributed by atoms with van der Waals surface area (Å²) < 4.78 is 6.96. The third-order valence-corrected chi connectivity index (χ3v) is 7.57. The van der Waals surface area contributed by atoms with Crippen LogP contribution in [0.2, 0.25) is 0 Å². The number of ether oxygens (including phenoxy) is 1. The molecule has 0 aromatic carbocycles. The number of aryl methyl sites for hydroxylation is 2. The summed E-state index contributed by atoms with van der Waals surface area (Å²) in [6.07, 6.45) is 6.00. The number of hydrogen-bond donors (Lipinski definition) is 2. The van der Waals surface area contributed by atoms with Crippen LogP contribution in [0.15, 0.2) is 0 Å². The summed E-state index contributed by atoms with van der Waals surface area (Å²) >= 11 is 0. The van der Waals surface area contributed by atoms with E-state index in [0.29, 0.717) is 29.1 Å². The first-order valence-electron chi connectivity index (χ1n) is 11.5. The number of carbonyl (C=O) groups excluding carboxylic acids is 3. The minimum absolute atomic E-state index is 0.0562. The Morgan fingerprint density at radius 3 is 2.23 bits per heavy atom. The average molecular weight is 431 g/mol. The van der Waals surface area contributed by atoms with Crippen LogP contribution in [-0.4, -0.2) is 40.2 Å². The van der Waals surface area contributed by atoms with Crippen LogP contribution in [0.4, 0.5) is 5.69 Å². The van der Waals surface area contributed by atoms with Crippen molar-refractivity contribution in [3.63, 3.8) is 0 Å². The van der Waals surface area contributed by atoms with Gasteiger partial charge in [0.25, 0.3) is 5.91 Å². The Morgan fingerprint density at radius 1 is 1.13 bits per heavy atom. The van der Waals surface area contributed by atoms with Crippen LogP contribution >= 0.6 is 0 Å². The predicted octanol–water partition coefficient (Wildman–Crippen LogP) is 2.63. The maximum Gasteiger partial charge on any atom is 0.308 e. The number of anilines is 1. The quantitative estimate of drug-likeness (QED) is 0.648. The molecule has 2 amide bonds. The van der Waals surface area contributed by atoms with Crippen LogP contribution in [0.3, 0.4) is 0 Å². The largest absolute Gasteiger partial charge is 0.452 e. The molecule has 4 bridgehead atoms. The van der Waals surface area contributed by atoms with Crippen molar-refractivity contribution in [2.45, 2.75) is 71.8 Å². The first-order valence-corrected chi connectivity index (χ1v) is 11.5.